The first-order valence-corrected chi connectivity index (χ1v) is 6.31. The summed E-state index contributed by atoms with van der Waals surface area (Å²) >= 11 is 6.40. The third kappa shape index (κ3) is 1.95. The molecule has 0 aromatic rings. The van der Waals surface area contributed by atoms with E-state index in [0.29, 0.717) is 0 Å². The molecule has 1 aliphatic carbocycles. The van der Waals surface area contributed by atoms with Crippen LogP contribution in [0.25, 0.3) is 0 Å². The second kappa shape index (κ2) is 3.57. The van der Waals surface area contributed by atoms with Crippen molar-refractivity contribution in [2.75, 3.05) is 0 Å². The second-order valence-corrected chi connectivity index (χ2v) is 6.29. The summed E-state index contributed by atoms with van der Waals surface area (Å²) in [5.41, 5.74) is 0. The van der Waals surface area contributed by atoms with Crippen molar-refractivity contribution >= 4 is 31.9 Å². The first kappa shape index (κ1) is 12.1. The summed E-state index contributed by atoms with van der Waals surface area (Å²) in [6.45, 7) is 0. The third-order valence-electron chi connectivity index (χ3n) is 2.97. The van der Waals surface area contributed by atoms with Crippen LogP contribution in [0.2, 0.25) is 0 Å². The molecule has 0 amide bonds. The maximum Gasteiger partial charge on any atom is 0.363 e. The Labute approximate surface area is 101 Å². The van der Waals surface area contributed by atoms with Gasteiger partial charge in [-0.15, -0.1) is 0 Å². The van der Waals surface area contributed by atoms with E-state index in [4.69, 9.17) is 0 Å². The van der Waals surface area contributed by atoms with Gasteiger partial charge < -0.3 is 0 Å². The van der Waals surface area contributed by atoms with Crippen LogP contribution in [0.1, 0.15) is 12.8 Å². The molecular weight excluding hydrogens is 348 g/mol. The fraction of sp³-hybridized carbons (Fsp3) is 1.00. The van der Waals surface area contributed by atoms with Crippen LogP contribution in [-0.2, 0) is 4.74 Å². The summed E-state index contributed by atoms with van der Waals surface area (Å²) in [6.07, 6.45) is -7.45. The lowest BCUT2D eigenvalue weighted by molar-refractivity contribution is -0.341. The molecule has 0 aromatic carbocycles. The number of ether oxygens (including phenoxy) is 1. The summed E-state index contributed by atoms with van der Waals surface area (Å²) < 4.78 is 56.1. The molecule has 2 fully saturated rings. The topological polar surface area (TPSA) is 9.23 Å². The lowest BCUT2D eigenvalue weighted by atomic mass is 9.79. The lowest BCUT2D eigenvalue weighted by Gasteiger charge is -2.33. The Morgan fingerprint density at radius 1 is 0.867 bits per heavy atom. The van der Waals surface area contributed by atoms with Crippen LogP contribution in [0.15, 0.2) is 0 Å². The fourth-order valence-electron chi connectivity index (χ4n) is 2.18. The van der Waals surface area contributed by atoms with E-state index in [1.165, 1.54) is 0 Å². The van der Waals surface area contributed by atoms with Gasteiger partial charge in [0.15, 0.2) is 0 Å². The van der Waals surface area contributed by atoms with Crippen molar-refractivity contribution in [2.45, 2.75) is 34.7 Å². The van der Waals surface area contributed by atoms with Crippen molar-refractivity contribution in [3.8, 4) is 0 Å². The predicted molar refractivity (Wildman–Crippen MR) is 52.6 cm³/mol. The Balaban J connectivity index is 2.26. The summed E-state index contributed by atoms with van der Waals surface area (Å²) in [4.78, 5) is -0.441. The van der Waals surface area contributed by atoms with Crippen LogP contribution >= 0.6 is 31.9 Å². The first-order valence-electron chi connectivity index (χ1n) is 4.48. The Morgan fingerprint density at radius 2 is 1.20 bits per heavy atom. The Kier molecular flexibility index (Phi) is 2.88. The highest BCUT2D eigenvalue weighted by Gasteiger charge is 2.68. The van der Waals surface area contributed by atoms with Gasteiger partial charge in [0, 0.05) is 9.65 Å². The van der Waals surface area contributed by atoms with Crippen LogP contribution in [0, 0.1) is 11.8 Å². The number of fused-ring (bicyclic) bond motifs is 1. The minimum absolute atomic E-state index is 0.0107. The zero-order chi connectivity index (χ0) is 11.4. The van der Waals surface area contributed by atoms with E-state index in [1.54, 1.807) is 0 Å². The molecule has 2 aliphatic rings. The maximum atomic E-state index is 13.1. The summed E-state index contributed by atoms with van der Waals surface area (Å²) in [5, 5.41) is 0. The molecular formula is C8H8Br2F4O. The van der Waals surface area contributed by atoms with Crippen LogP contribution in [0.3, 0.4) is 0 Å². The molecule has 4 atom stereocenters. The van der Waals surface area contributed by atoms with E-state index >= 15 is 0 Å². The first-order chi connectivity index (χ1) is 6.74. The average molecular weight is 356 g/mol. The molecule has 0 unspecified atom stereocenters. The smallest absolute Gasteiger partial charge is 0.255 e. The zero-order valence-corrected chi connectivity index (χ0v) is 10.6. The van der Waals surface area contributed by atoms with Crippen LogP contribution < -0.4 is 0 Å². The van der Waals surface area contributed by atoms with Gasteiger partial charge in [0.2, 0.25) is 0 Å². The van der Waals surface area contributed by atoms with Crippen molar-refractivity contribution in [2.24, 2.45) is 11.8 Å². The summed E-state index contributed by atoms with van der Waals surface area (Å²) in [6, 6.07) is 0. The number of hydrogen-bond donors (Lipinski definition) is 0. The van der Waals surface area contributed by atoms with Crippen molar-refractivity contribution < 1.29 is 22.3 Å². The molecule has 88 valence electrons. The molecule has 1 nitrogen and oxygen atoms in total. The molecule has 1 aliphatic heterocycles. The van der Waals surface area contributed by atoms with Gasteiger partial charge in [0.1, 0.15) is 0 Å². The molecule has 15 heavy (non-hydrogen) atoms. The number of halogens is 6. The van der Waals surface area contributed by atoms with Crippen LogP contribution in [0.4, 0.5) is 17.6 Å². The zero-order valence-electron chi connectivity index (χ0n) is 7.40. The Morgan fingerprint density at radius 3 is 1.53 bits per heavy atom. The van der Waals surface area contributed by atoms with Gasteiger partial charge in [-0.25, -0.2) is 0 Å². The SMILES string of the molecule is FC1(F)OC(F)(F)[C@H]2C[C@H](Br)[C@@H](Br)C[C@H]21. The van der Waals surface area contributed by atoms with Crippen molar-refractivity contribution in [3.63, 3.8) is 0 Å². The van der Waals surface area contributed by atoms with E-state index in [9.17, 15) is 17.6 Å². The highest BCUT2D eigenvalue weighted by atomic mass is 79.9. The average Bonchev–Trinajstić information content (AvgIpc) is 2.21. The van der Waals surface area contributed by atoms with Gasteiger partial charge in [-0.3, -0.25) is 4.74 Å². The van der Waals surface area contributed by atoms with Gasteiger partial charge >= 0.3 is 12.2 Å². The van der Waals surface area contributed by atoms with Gasteiger partial charge in [-0.05, 0) is 12.8 Å². The van der Waals surface area contributed by atoms with E-state index in [2.05, 4.69) is 36.6 Å². The molecule has 1 saturated carbocycles. The van der Waals surface area contributed by atoms with Crippen molar-refractivity contribution in [3.05, 3.63) is 0 Å². The van der Waals surface area contributed by atoms with Gasteiger partial charge in [0.25, 0.3) is 0 Å². The molecule has 7 heteroatoms. The van der Waals surface area contributed by atoms with E-state index in [-0.39, 0.29) is 22.5 Å². The highest BCUT2D eigenvalue weighted by molar-refractivity contribution is 9.12. The molecule has 0 N–H and O–H groups in total. The Bertz CT molecular complexity index is 247. The molecule has 2 rings (SSSR count). The fourth-order valence-corrected chi connectivity index (χ4v) is 3.42. The third-order valence-corrected chi connectivity index (χ3v) is 5.71. The largest absolute Gasteiger partial charge is 0.363 e. The normalized spacial score (nSPS) is 47.6. The molecule has 1 heterocycles. The summed E-state index contributed by atoms with van der Waals surface area (Å²) in [7, 11) is 0. The molecule has 0 bridgehead atoms. The van der Waals surface area contributed by atoms with Crippen LogP contribution in [-0.4, -0.2) is 21.9 Å². The lowest BCUT2D eigenvalue weighted by Crippen LogP contribution is -2.39. The molecule has 0 aromatic heterocycles. The van der Waals surface area contributed by atoms with Crippen LogP contribution in [0.5, 0.6) is 0 Å². The quantitative estimate of drug-likeness (QED) is 0.475. The highest BCUT2D eigenvalue weighted by Crippen LogP contribution is 2.57. The predicted octanol–water partition coefficient (Wildman–Crippen LogP) is 3.76. The minimum Gasteiger partial charge on any atom is -0.255 e. The number of hydrogen-bond acceptors (Lipinski definition) is 1. The van der Waals surface area contributed by atoms with Gasteiger partial charge in [-0.2, -0.15) is 17.6 Å². The number of rotatable bonds is 0. The van der Waals surface area contributed by atoms with Crippen molar-refractivity contribution in [1.29, 1.82) is 0 Å². The standard InChI is InChI=1S/C8H8Br2F4O/c9-5-1-3-4(2-6(5)10)8(13,14)15-7(3,11)12/h3-6H,1-2H2/t3-,4+,5-,6-/m0/s1. The van der Waals surface area contributed by atoms with E-state index in [0.717, 1.165) is 0 Å². The monoisotopic (exact) mass is 354 g/mol. The van der Waals surface area contributed by atoms with Gasteiger partial charge in [-0.1, -0.05) is 31.9 Å². The molecule has 1 saturated heterocycles. The summed E-state index contributed by atoms with van der Waals surface area (Å²) in [5.74, 6) is -2.80. The molecule has 0 radical (unpaired) electrons. The van der Waals surface area contributed by atoms with E-state index in [1.807, 2.05) is 0 Å². The van der Waals surface area contributed by atoms with Gasteiger partial charge in [0.05, 0.1) is 11.8 Å². The minimum atomic E-state index is -3.71. The maximum absolute atomic E-state index is 13.1. The number of alkyl halides is 6. The Hall–Kier alpha value is 0.640. The van der Waals surface area contributed by atoms with E-state index < -0.39 is 24.1 Å². The van der Waals surface area contributed by atoms with Crippen molar-refractivity contribution in [1.82, 2.24) is 0 Å². The second-order valence-electron chi connectivity index (χ2n) is 3.94. The molecule has 0 spiro atoms.